The topological polar surface area (TPSA) is 50.1 Å². The monoisotopic (exact) mass is 342 g/mol. The number of benzene rings is 1. The van der Waals surface area contributed by atoms with Crippen molar-refractivity contribution in [2.75, 3.05) is 26.0 Å². The normalized spacial score (nSPS) is 11.2. The van der Waals surface area contributed by atoms with Crippen LogP contribution in [0.15, 0.2) is 36.7 Å². The molecular weight excluding hydrogens is 320 g/mol. The smallest absolute Gasteiger partial charge is 0.237 e. The summed E-state index contributed by atoms with van der Waals surface area (Å²) in [5.74, 6) is 0.758. The van der Waals surface area contributed by atoms with Crippen LogP contribution in [0.3, 0.4) is 0 Å². The van der Waals surface area contributed by atoms with Gasteiger partial charge in [0.15, 0.2) is 0 Å². The van der Waals surface area contributed by atoms with Crippen molar-refractivity contribution in [3.8, 4) is 10.6 Å². The largest absolute Gasteiger partial charge is 0.346 e. The second kappa shape index (κ2) is 7.11. The summed E-state index contributed by atoms with van der Waals surface area (Å²) in [6.45, 7) is 1.75. The van der Waals surface area contributed by atoms with E-state index in [4.69, 9.17) is 0 Å². The van der Waals surface area contributed by atoms with Crippen molar-refractivity contribution in [3.63, 3.8) is 0 Å². The maximum absolute atomic E-state index is 4.58. The molecule has 0 aliphatic carbocycles. The Kier molecular flexibility index (Phi) is 4.92. The van der Waals surface area contributed by atoms with Crippen molar-refractivity contribution in [3.05, 3.63) is 47.8 Å². The number of rotatable bonds is 6. The first kappa shape index (κ1) is 16.6. The van der Waals surface area contributed by atoms with Crippen LogP contribution in [0, 0.1) is 0 Å². The van der Waals surface area contributed by atoms with Gasteiger partial charge in [0.05, 0.1) is 6.20 Å². The summed E-state index contributed by atoms with van der Waals surface area (Å²) in [6.07, 6.45) is 3.97. The van der Waals surface area contributed by atoms with Gasteiger partial charge >= 0.3 is 0 Å². The molecular formula is C17H22N6S. The fraction of sp³-hybridized carbons (Fsp3) is 0.353. The highest BCUT2D eigenvalue weighted by Crippen LogP contribution is 2.25. The number of nitrogens with zero attached hydrogens (tertiary/aromatic N) is 6. The lowest BCUT2D eigenvalue weighted by Gasteiger charge is -2.16. The Balaban J connectivity index is 1.70. The van der Waals surface area contributed by atoms with Crippen LogP contribution < -0.4 is 4.90 Å². The molecule has 1 aromatic carbocycles. The first-order valence-electron chi connectivity index (χ1n) is 7.77. The predicted octanol–water partition coefficient (Wildman–Crippen LogP) is 2.64. The lowest BCUT2D eigenvalue weighted by Crippen LogP contribution is -2.16. The summed E-state index contributed by atoms with van der Waals surface area (Å²) >= 11 is 1.44. The molecule has 0 saturated heterocycles. The molecule has 3 rings (SSSR count). The summed E-state index contributed by atoms with van der Waals surface area (Å²) in [4.78, 5) is 8.78. The molecule has 2 heterocycles. The van der Waals surface area contributed by atoms with Crippen LogP contribution in [0.4, 0.5) is 5.95 Å². The fourth-order valence-electron chi connectivity index (χ4n) is 2.55. The highest BCUT2D eigenvalue weighted by atomic mass is 32.1. The SMILES string of the molecule is CN(Cc1cccc(-c2nc(N(C)C)ns2)c1)Cc1cnn(C)c1. The van der Waals surface area contributed by atoms with Crippen LogP contribution in [-0.4, -0.2) is 45.2 Å². The first-order chi connectivity index (χ1) is 11.5. The lowest BCUT2D eigenvalue weighted by molar-refractivity contribution is 0.319. The number of aryl methyl sites for hydroxylation is 1. The molecule has 0 N–H and O–H groups in total. The Labute approximate surface area is 146 Å². The summed E-state index contributed by atoms with van der Waals surface area (Å²) in [6, 6.07) is 8.51. The minimum atomic E-state index is 0.758. The Bertz CT molecular complexity index is 807. The van der Waals surface area contributed by atoms with Gasteiger partial charge in [-0.15, -0.1) is 0 Å². The molecule has 0 saturated carbocycles. The van der Waals surface area contributed by atoms with Crippen molar-refractivity contribution in [2.24, 2.45) is 7.05 Å². The molecule has 24 heavy (non-hydrogen) atoms. The zero-order valence-electron chi connectivity index (χ0n) is 14.5. The van der Waals surface area contributed by atoms with E-state index < -0.39 is 0 Å². The molecule has 0 fully saturated rings. The standard InChI is InChI=1S/C17H22N6S/c1-21(2)17-19-16(24-20-17)15-7-5-6-13(8-15)10-22(3)11-14-9-18-23(4)12-14/h5-9,12H,10-11H2,1-4H3. The molecule has 0 unspecified atom stereocenters. The molecule has 0 spiro atoms. The number of aromatic nitrogens is 4. The van der Waals surface area contributed by atoms with Crippen molar-refractivity contribution in [1.82, 2.24) is 24.0 Å². The van der Waals surface area contributed by atoms with Gasteiger partial charge < -0.3 is 4.90 Å². The van der Waals surface area contributed by atoms with E-state index in [1.54, 1.807) is 0 Å². The van der Waals surface area contributed by atoms with E-state index in [9.17, 15) is 0 Å². The number of hydrogen-bond donors (Lipinski definition) is 0. The van der Waals surface area contributed by atoms with E-state index >= 15 is 0 Å². The summed E-state index contributed by atoms with van der Waals surface area (Å²) < 4.78 is 6.21. The minimum Gasteiger partial charge on any atom is -0.346 e. The zero-order chi connectivity index (χ0) is 17.1. The lowest BCUT2D eigenvalue weighted by atomic mass is 10.1. The molecule has 6 nitrogen and oxygen atoms in total. The van der Waals surface area contributed by atoms with Crippen LogP contribution >= 0.6 is 11.5 Å². The van der Waals surface area contributed by atoms with Crippen LogP contribution in [-0.2, 0) is 20.1 Å². The Hall–Kier alpha value is -2.25. The number of hydrogen-bond acceptors (Lipinski definition) is 6. The second-order valence-corrected chi connectivity index (χ2v) is 6.94. The van der Waals surface area contributed by atoms with E-state index in [0.717, 1.165) is 29.6 Å². The first-order valence-corrected chi connectivity index (χ1v) is 8.55. The third-order valence-corrected chi connectivity index (χ3v) is 4.41. The van der Waals surface area contributed by atoms with E-state index in [2.05, 4.69) is 56.9 Å². The Morgan fingerprint density at radius 3 is 2.58 bits per heavy atom. The maximum Gasteiger partial charge on any atom is 0.237 e. The van der Waals surface area contributed by atoms with Gasteiger partial charge in [-0.25, -0.2) is 0 Å². The predicted molar refractivity (Wildman–Crippen MR) is 98.1 cm³/mol. The van der Waals surface area contributed by atoms with Crippen LogP contribution in [0.25, 0.3) is 10.6 Å². The quantitative estimate of drug-likeness (QED) is 0.689. The summed E-state index contributed by atoms with van der Waals surface area (Å²) in [5.41, 5.74) is 3.60. The molecule has 7 heteroatoms. The molecule has 0 amide bonds. The van der Waals surface area contributed by atoms with Crippen molar-refractivity contribution < 1.29 is 0 Å². The Morgan fingerprint density at radius 1 is 1.12 bits per heavy atom. The summed E-state index contributed by atoms with van der Waals surface area (Å²) in [7, 11) is 7.97. The fourth-order valence-corrected chi connectivity index (χ4v) is 3.28. The van der Waals surface area contributed by atoms with Crippen molar-refractivity contribution in [1.29, 1.82) is 0 Å². The van der Waals surface area contributed by atoms with Crippen molar-refractivity contribution >= 4 is 17.5 Å². The van der Waals surface area contributed by atoms with Gasteiger partial charge in [-0.05, 0) is 30.2 Å². The molecule has 0 radical (unpaired) electrons. The molecule has 3 aromatic rings. The highest BCUT2D eigenvalue weighted by molar-refractivity contribution is 7.09. The molecule has 126 valence electrons. The van der Waals surface area contributed by atoms with E-state index in [-0.39, 0.29) is 0 Å². The highest BCUT2D eigenvalue weighted by Gasteiger charge is 2.09. The Morgan fingerprint density at radius 2 is 1.92 bits per heavy atom. The van der Waals surface area contributed by atoms with Crippen LogP contribution in [0.2, 0.25) is 0 Å². The summed E-state index contributed by atoms with van der Waals surface area (Å²) in [5, 5.41) is 5.17. The van der Waals surface area contributed by atoms with Gasteiger partial charge in [0.2, 0.25) is 5.95 Å². The minimum absolute atomic E-state index is 0.758. The molecule has 0 aliphatic rings. The van der Waals surface area contributed by atoms with Gasteiger partial charge in [-0.2, -0.15) is 14.5 Å². The van der Waals surface area contributed by atoms with Gasteiger partial charge in [-0.3, -0.25) is 9.58 Å². The van der Waals surface area contributed by atoms with Gasteiger partial charge in [-0.1, -0.05) is 18.2 Å². The van der Waals surface area contributed by atoms with Crippen LogP contribution in [0.1, 0.15) is 11.1 Å². The van der Waals surface area contributed by atoms with Gasteiger partial charge in [0, 0.05) is 51.6 Å². The van der Waals surface area contributed by atoms with Gasteiger partial charge in [0.25, 0.3) is 0 Å². The average molecular weight is 342 g/mol. The van der Waals surface area contributed by atoms with E-state index in [1.807, 2.05) is 36.9 Å². The number of anilines is 1. The molecule has 0 bridgehead atoms. The average Bonchev–Trinajstić information content (AvgIpc) is 3.17. The third kappa shape index (κ3) is 3.98. The molecule has 0 aliphatic heterocycles. The van der Waals surface area contributed by atoms with Crippen LogP contribution in [0.5, 0.6) is 0 Å². The molecule has 0 atom stereocenters. The second-order valence-electron chi connectivity index (χ2n) is 6.19. The van der Waals surface area contributed by atoms with E-state index in [1.165, 1.54) is 22.7 Å². The third-order valence-electron chi connectivity index (χ3n) is 3.65. The maximum atomic E-state index is 4.58. The van der Waals surface area contributed by atoms with E-state index in [0.29, 0.717) is 0 Å². The molecule has 2 aromatic heterocycles. The van der Waals surface area contributed by atoms with Crippen molar-refractivity contribution in [2.45, 2.75) is 13.1 Å². The van der Waals surface area contributed by atoms with Gasteiger partial charge in [0.1, 0.15) is 5.01 Å². The zero-order valence-corrected chi connectivity index (χ0v) is 15.3.